The van der Waals surface area contributed by atoms with Gasteiger partial charge in [-0.05, 0) is 49.4 Å². The number of hydrogen-bond donors (Lipinski definition) is 4. The molecule has 4 N–H and O–H groups in total. The van der Waals surface area contributed by atoms with Crippen molar-refractivity contribution >= 4 is 12.1 Å². The van der Waals surface area contributed by atoms with E-state index in [-0.39, 0.29) is 37.0 Å². The lowest BCUT2D eigenvalue weighted by Crippen LogP contribution is -2.52. The van der Waals surface area contributed by atoms with Crippen LogP contribution in [0.25, 0.3) is 0 Å². The van der Waals surface area contributed by atoms with Crippen LogP contribution in [0.15, 0.2) is 24.3 Å². The second-order valence-corrected chi connectivity index (χ2v) is 10.1. The summed E-state index contributed by atoms with van der Waals surface area (Å²) in [6.07, 6.45) is 7.52. The van der Waals surface area contributed by atoms with Gasteiger partial charge in [0.1, 0.15) is 5.82 Å². The number of carbonyl (C=O) groups excluding carboxylic acids is 1. The molecule has 1 unspecified atom stereocenters. The minimum Gasteiger partial charge on any atom is -0.465 e. The van der Waals surface area contributed by atoms with E-state index in [2.05, 4.69) is 22.9 Å². The van der Waals surface area contributed by atoms with E-state index in [9.17, 15) is 14.0 Å². The van der Waals surface area contributed by atoms with Crippen molar-refractivity contribution in [1.82, 2.24) is 20.9 Å². The Hall–Kier alpha value is -2.39. The van der Waals surface area contributed by atoms with Gasteiger partial charge in [0.15, 0.2) is 0 Å². The van der Waals surface area contributed by atoms with E-state index in [0.717, 1.165) is 32.4 Å². The maximum absolute atomic E-state index is 14.0. The summed E-state index contributed by atoms with van der Waals surface area (Å²) in [5, 5.41) is 17.8. The first-order valence-electron chi connectivity index (χ1n) is 13.6. The smallest absolute Gasteiger partial charge is 0.404 e. The molecular weight excluding hydrogens is 463 g/mol. The topological polar surface area (TPSA) is 103 Å². The summed E-state index contributed by atoms with van der Waals surface area (Å²) < 4.78 is 20.1. The first-order chi connectivity index (χ1) is 17.5. The molecule has 2 aliphatic rings. The predicted octanol–water partition coefficient (Wildman–Crippen LogP) is 4.52. The van der Waals surface area contributed by atoms with Gasteiger partial charge in [0.25, 0.3) is 0 Å². The van der Waals surface area contributed by atoms with Crippen molar-refractivity contribution in [3.8, 4) is 0 Å². The Morgan fingerprint density at radius 3 is 2.72 bits per heavy atom. The quantitative estimate of drug-likeness (QED) is 0.312. The maximum atomic E-state index is 14.0. The molecule has 1 aromatic rings. The molecule has 1 heterocycles. The van der Waals surface area contributed by atoms with Gasteiger partial charge in [-0.15, -0.1) is 0 Å². The zero-order valence-electron chi connectivity index (χ0n) is 21.5. The highest BCUT2D eigenvalue weighted by atomic mass is 19.1. The molecule has 1 saturated heterocycles. The number of amides is 3. The summed E-state index contributed by atoms with van der Waals surface area (Å²) in [6.45, 7) is 5.21. The molecule has 1 saturated carbocycles. The molecule has 0 bridgehead atoms. The second kappa shape index (κ2) is 15.0. The average Bonchev–Trinajstić information content (AvgIpc) is 2.87. The Bertz CT molecular complexity index is 821. The van der Waals surface area contributed by atoms with Gasteiger partial charge in [-0.2, -0.15) is 0 Å². The van der Waals surface area contributed by atoms with Crippen LogP contribution in [0, 0.1) is 17.7 Å². The van der Waals surface area contributed by atoms with Crippen molar-refractivity contribution in [1.29, 1.82) is 0 Å². The highest BCUT2D eigenvalue weighted by Gasteiger charge is 2.32. The van der Waals surface area contributed by atoms with E-state index in [4.69, 9.17) is 9.84 Å². The maximum Gasteiger partial charge on any atom is 0.404 e. The average molecular weight is 507 g/mol. The third kappa shape index (κ3) is 9.24. The number of nitrogens with zero attached hydrogens (tertiary/aromatic N) is 1. The van der Waals surface area contributed by atoms with E-state index < -0.39 is 12.2 Å². The number of nitrogens with one attached hydrogen (secondary N) is 3. The number of urea groups is 1. The van der Waals surface area contributed by atoms with Crippen LogP contribution in [-0.4, -0.2) is 67.5 Å². The molecule has 3 amide bonds. The zero-order valence-corrected chi connectivity index (χ0v) is 21.5. The standard InChI is InChI=1S/C27H43FN4O4/c1-2-29-18-24(16-20-8-4-3-5-9-20)31-26(33)32-14-7-11-22(19-32)25(36-15-13-30-27(34)35)21-10-6-12-23(28)17-21/h6,10,12,17,20,22,24-25,29-30H,2-5,7-9,11,13-16,18-19H2,1H3,(H,31,33)(H,34,35)/t22-,24+,25?/m1/s1. The minimum absolute atomic E-state index is 0.0123. The van der Waals surface area contributed by atoms with Gasteiger partial charge in [-0.25, -0.2) is 14.0 Å². The number of ether oxygens (including phenoxy) is 1. The first-order valence-corrected chi connectivity index (χ1v) is 13.6. The fraction of sp³-hybridized carbons (Fsp3) is 0.704. The van der Waals surface area contributed by atoms with Crippen LogP contribution in [-0.2, 0) is 4.74 Å². The van der Waals surface area contributed by atoms with Crippen LogP contribution in [0.1, 0.15) is 70.0 Å². The zero-order chi connectivity index (χ0) is 25.8. The van der Waals surface area contributed by atoms with E-state index in [1.54, 1.807) is 6.07 Å². The van der Waals surface area contributed by atoms with Gasteiger partial charge in [0.05, 0.1) is 12.7 Å². The first kappa shape index (κ1) is 28.2. The number of likely N-dealkylation sites (tertiary alicyclic amines) is 1. The molecule has 8 nitrogen and oxygen atoms in total. The molecule has 2 fully saturated rings. The van der Waals surface area contributed by atoms with Crippen LogP contribution in [0.3, 0.4) is 0 Å². The Kier molecular flexibility index (Phi) is 11.7. The van der Waals surface area contributed by atoms with Gasteiger partial charge < -0.3 is 30.7 Å². The van der Waals surface area contributed by atoms with Crippen molar-refractivity contribution in [2.45, 2.75) is 70.4 Å². The van der Waals surface area contributed by atoms with Crippen molar-refractivity contribution in [3.05, 3.63) is 35.6 Å². The molecule has 0 spiro atoms. The molecule has 1 aromatic carbocycles. The van der Waals surface area contributed by atoms with Gasteiger partial charge in [-0.1, -0.05) is 51.2 Å². The second-order valence-electron chi connectivity index (χ2n) is 10.1. The Morgan fingerprint density at radius 1 is 1.19 bits per heavy atom. The predicted molar refractivity (Wildman–Crippen MR) is 137 cm³/mol. The third-order valence-electron chi connectivity index (χ3n) is 7.34. The molecular formula is C27H43FN4O4. The Morgan fingerprint density at radius 2 is 2.00 bits per heavy atom. The van der Waals surface area contributed by atoms with Crippen molar-refractivity contribution in [2.24, 2.45) is 11.8 Å². The highest BCUT2D eigenvalue weighted by Crippen LogP contribution is 2.33. The van der Waals surface area contributed by atoms with Crippen LogP contribution < -0.4 is 16.0 Å². The van der Waals surface area contributed by atoms with E-state index in [1.165, 1.54) is 44.2 Å². The fourth-order valence-electron chi connectivity index (χ4n) is 5.58. The molecule has 202 valence electrons. The minimum atomic E-state index is -1.11. The number of likely N-dealkylation sites (N-methyl/N-ethyl adjacent to an activating group) is 1. The van der Waals surface area contributed by atoms with E-state index >= 15 is 0 Å². The number of benzene rings is 1. The largest absolute Gasteiger partial charge is 0.465 e. The van der Waals surface area contributed by atoms with Gasteiger partial charge in [0.2, 0.25) is 0 Å². The number of carboxylic acid groups (broad SMARTS) is 1. The van der Waals surface area contributed by atoms with Crippen molar-refractivity contribution in [3.63, 3.8) is 0 Å². The molecule has 1 aliphatic heterocycles. The summed E-state index contributed by atoms with van der Waals surface area (Å²) in [7, 11) is 0. The number of piperidine rings is 1. The van der Waals surface area contributed by atoms with Crippen molar-refractivity contribution < 1.29 is 23.8 Å². The van der Waals surface area contributed by atoms with E-state index in [1.807, 2.05) is 11.0 Å². The van der Waals surface area contributed by atoms with Crippen LogP contribution in [0.5, 0.6) is 0 Å². The van der Waals surface area contributed by atoms with E-state index in [0.29, 0.717) is 24.6 Å². The normalized spacial score (nSPS) is 20.5. The SMILES string of the molecule is CCNC[C@H](CC1CCCCC1)NC(=O)N1CCC[C@@H](C(OCCNC(=O)O)c2cccc(F)c2)C1. The fourth-order valence-corrected chi connectivity index (χ4v) is 5.58. The van der Waals surface area contributed by atoms with Crippen LogP contribution >= 0.6 is 0 Å². The lowest BCUT2D eigenvalue weighted by Gasteiger charge is -2.38. The van der Waals surface area contributed by atoms with Crippen LogP contribution in [0.4, 0.5) is 14.0 Å². The third-order valence-corrected chi connectivity index (χ3v) is 7.34. The summed E-state index contributed by atoms with van der Waals surface area (Å²) >= 11 is 0. The monoisotopic (exact) mass is 506 g/mol. The summed E-state index contributed by atoms with van der Waals surface area (Å²) in [4.78, 5) is 26.0. The molecule has 3 atom stereocenters. The lowest BCUT2D eigenvalue weighted by atomic mass is 9.84. The van der Waals surface area contributed by atoms with Crippen LogP contribution in [0.2, 0.25) is 0 Å². The Balaban J connectivity index is 1.63. The number of hydrogen-bond acceptors (Lipinski definition) is 4. The molecule has 1 aliphatic carbocycles. The molecule has 3 rings (SSSR count). The molecule has 0 aromatic heterocycles. The van der Waals surface area contributed by atoms with Crippen molar-refractivity contribution in [2.75, 3.05) is 39.3 Å². The Labute approximate surface area is 214 Å². The molecule has 0 radical (unpaired) electrons. The summed E-state index contributed by atoms with van der Waals surface area (Å²) in [6, 6.07) is 6.38. The lowest BCUT2D eigenvalue weighted by molar-refractivity contribution is -0.00867. The molecule has 36 heavy (non-hydrogen) atoms. The number of rotatable bonds is 12. The molecule has 9 heteroatoms. The van der Waals surface area contributed by atoms with Gasteiger partial charge in [-0.3, -0.25) is 0 Å². The summed E-state index contributed by atoms with van der Waals surface area (Å²) in [5.41, 5.74) is 0.708. The number of carbonyl (C=O) groups is 2. The highest BCUT2D eigenvalue weighted by molar-refractivity contribution is 5.74. The van der Waals surface area contributed by atoms with Gasteiger partial charge in [0, 0.05) is 38.1 Å². The summed E-state index contributed by atoms with van der Waals surface area (Å²) in [5.74, 6) is 0.313. The van der Waals surface area contributed by atoms with Gasteiger partial charge >= 0.3 is 12.1 Å². The number of halogens is 1.